The first-order valence-electron chi connectivity index (χ1n) is 11.1. The van der Waals surface area contributed by atoms with Gasteiger partial charge < -0.3 is 16.0 Å². The highest BCUT2D eigenvalue weighted by Gasteiger charge is 2.26. The molecule has 3 aromatic heterocycles. The minimum Gasteiger partial charge on any atom is -0.383 e. The molecule has 160 valence electrons. The molecule has 0 amide bonds. The van der Waals surface area contributed by atoms with Crippen molar-refractivity contribution >= 4 is 22.7 Å². The fraction of sp³-hybridized carbons (Fsp3) is 0.500. The van der Waals surface area contributed by atoms with E-state index in [0.29, 0.717) is 24.1 Å². The Morgan fingerprint density at radius 3 is 2.71 bits per heavy atom. The Hall–Kier alpha value is -3.41. The second-order valence-electron chi connectivity index (χ2n) is 8.50. The van der Waals surface area contributed by atoms with E-state index in [9.17, 15) is 5.26 Å². The number of fused-ring (bicyclic) bond motifs is 1. The summed E-state index contributed by atoms with van der Waals surface area (Å²) in [7, 11) is 0. The van der Waals surface area contributed by atoms with Crippen LogP contribution in [0.5, 0.6) is 0 Å². The van der Waals surface area contributed by atoms with Crippen molar-refractivity contribution in [1.29, 1.82) is 5.26 Å². The van der Waals surface area contributed by atoms with Crippen LogP contribution in [0, 0.1) is 11.5 Å². The summed E-state index contributed by atoms with van der Waals surface area (Å²) in [6, 6.07) is 4.61. The molecule has 5 rings (SSSR count). The summed E-state index contributed by atoms with van der Waals surface area (Å²) in [4.78, 5) is 15.1. The van der Waals surface area contributed by atoms with Gasteiger partial charge in [0.05, 0.1) is 18.0 Å². The van der Waals surface area contributed by atoms with Crippen molar-refractivity contribution in [3.63, 3.8) is 0 Å². The summed E-state index contributed by atoms with van der Waals surface area (Å²) in [6.45, 7) is 1.41. The summed E-state index contributed by atoms with van der Waals surface area (Å²) in [5.74, 6) is 1.30. The Morgan fingerprint density at radius 2 is 1.94 bits per heavy atom. The van der Waals surface area contributed by atoms with E-state index in [1.807, 2.05) is 23.0 Å². The first-order valence-corrected chi connectivity index (χ1v) is 11.1. The van der Waals surface area contributed by atoms with Gasteiger partial charge in [-0.25, -0.2) is 19.6 Å². The average molecular weight is 418 g/mol. The molecule has 1 saturated heterocycles. The predicted molar refractivity (Wildman–Crippen MR) is 119 cm³/mol. The maximum absolute atomic E-state index is 9.33. The molecule has 1 aliphatic heterocycles. The summed E-state index contributed by atoms with van der Waals surface area (Å²) in [6.07, 6.45) is 13.8. The topological polar surface area (TPSA) is 122 Å². The first-order chi connectivity index (χ1) is 15.2. The molecular formula is C22H27N9. The van der Waals surface area contributed by atoms with Gasteiger partial charge in [0.2, 0.25) is 0 Å². The van der Waals surface area contributed by atoms with Crippen LogP contribution in [0.4, 0.5) is 11.6 Å². The number of aromatic nitrogens is 5. The average Bonchev–Trinajstić information content (AvgIpc) is 3.21. The van der Waals surface area contributed by atoms with Crippen molar-refractivity contribution < 1.29 is 0 Å². The Morgan fingerprint density at radius 1 is 1.06 bits per heavy atom. The zero-order valence-corrected chi connectivity index (χ0v) is 17.5. The lowest BCUT2D eigenvalue weighted by Gasteiger charge is -2.28. The van der Waals surface area contributed by atoms with E-state index in [1.54, 1.807) is 4.90 Å². The Bertz CT molecular complexity index is 1090. The van der Waals surface area contributed by atoms with Gasteiger partial charge in [-0.2, -0.15) is 10.4 Å². The quantitative estimate of drug-likeness (QED) is 0.620. The summed E-state index contributed by atoms with van der Waals surface area (Å²) < 4.78 is 1.92. The number of nitrogens with one attached hydrogen (secondary N) is 1. The predicted octanol–water partition coefficient (Wildman–Crippen LogP) is 3.33. The molecule has 31 heavy (non-hydrogen) atoms. The molecule has 2 aliphatic rings. The first kappa shape index (κ1) is 19.5. The second-order valence-corrected chi connectivity index (χ2v) is 8.50. The van der Waals surface area contributed by atoms with E-state index in [4.69, 9.17) is 10.8 Å². The largest absolute Gasteiger partial charge is 0.383 e. The minimum atomic E-state index is 0.0687. The molecule has 9 heteroatoms. The van der Waals surface area contributed by atoms with Crippen LogP contribution in [0.3, 0.4) is 0 Å². The number of anilines is 2. The number of nitriles is 1. The number of nitrogen functional groups attached to an aromatic ring is 1. The molecule has 0 aromatic carbocycles. The third-order valence-corrected chi connectivity index (χ3v) is 6.40. The number of pyridine rings is 1. The van der Waals surface area contributed by atoms with Gasteiger partial charge in [-0.1, -0.05) is 19.3 Å². The lowest BCUT2D eigenvalue weighted by molar-refractivity contribution is 0.236. The van der Waals surface area contributed by atoms with Gasteiger partial charge in [-0.05, 0) is 37.8 Å². The molecule has 0 radical (unpaired) electrons. The zero-order chi connectivity index (χ0) is 21.2. The van der Waals surface area contributed by atoms with E-state index in [1.165, 1.54) is 38.4 Å². The maximum Gasteiger partial charge on any atom is 0.179 e. The molecule has 4 heterocycles. The summed E-state index contributed by atoms with van der Waals surface area (Å²) in [5, 5.41) is 18.5. The molecule has 1 unspecified atom stereocenters. The number of likely N-dealkylation sites (tertiary alicyclic amines) is 1. The van der Waals surface area contributed by atoms with Crippen LogP contribution in [0.1, 0.15) is 51.0 Å². The van der Waals surface area contributed by atoms with Gasteiger partial charge in [0.25, 0.3) is 0 Å². The second kappa shape index (κ2) is 8.38. The number of piperidine rings is 1. The van der Waals surface area contributed by atoms with E-state index in [0.717, 1.165) is 41.8 Å². The van der Waals surface area contributed by atoms with Crippen LogP contribution in [-0.4, -0.2) is 48.8 Å². The molecule has 0 bridgehead atoms. The molecule has 1 aliphatic carbocycles. The molecule has 1 saturated carbocycles. The van der Waals surface area contributed by atoms with Crippen molar-refractivity contribution in [3.8, 4) is 17.5 Å². The van der Waals surface area contributed by atoms with Crippen molar-refractivity contribution in [1.82, 2.24) is 29.6 Å². The smallest absolute Gasteiger partial charge is 0.179 e. The third kappa shape index (κ3) is 3.85. The number of nitrogens with zero attached hydrogens (tertiary/aromatic N) is 7. The third-order valence-electron chi connectivity index (χ3n) is 6.40. The Kier molecular flexibility index (Phi) is 5.28. The van der Waals surface area contributed by atoms with Gasteiger partial charge in [0, 0.05) is 24.3 Å². The molecule has 3 N–H and O–H groups in total. The zero-order valence-electron chi connectivity index (χ0n) is 17.5. The van der Waals surface area contributed by atoms with Crippen LogP contribution in [0.15, 0.2) is 24.7 Å². The van der Waals surface area contributed by atoms with E-state index in [-0.39, 0.29) is 6.04 Å². The van der Waals surface area contributed by atoms with E-state index in [2.05, 4.69) is 26.5 Å². The van der Waals surface area contributed by atoms with Crippen molar-refractivity contribution in [2.24, 2.45) is 0 Å². The van der Waals surface area contributed by atoms with E-state index < -0.39 is 0 Å². The van der Waals surface area contributed by atoms with Gasteiger partial charge in [-0.3, -0.25) is 0 Å². The lowest BCUT2D eigenvalue weighted by Crippen LogP contribution is -2.33. The van der Waals surface area contributed by atoms with Crippen molar-refractivity contribution in [2.75, 3.05) is 24.1 Å². The number of rotatable bonds is 4. The van der Waals surface area contributed by atoms with E-state index >= 15 is 0 Å². The summed E-state index contributed by atoms with van der Waals surface area (Å²) in [5.41, 5.74) is 8.57. The van der Waals surface area contributed by atoms with Gasteiger partial charge in [0.1, 0.15) is 23.7 Å². The SMILES string of the molecule is N#CN1CCCC(n2nc(-c3ccc(NC4CCCCC4)nc3)c3c(N)ncnc32)C1. The highest BCUT2D eigenvalue weighted by Crippen LogP contribution is 2.33. The summed E-state index contributed by atoms with van der Waals surface area (Å²) >= 11 is 0. The number of hydrogen-bond donors (Lipinski definition) is 2. The molecule has 1 atom stereocenters. The van der Waals surface area contributed by atoms with Crippen LogP contribution in [0.25, 0.3) is 22.3 Å². The number of nitrogens with two attached hydrogens (primary N) is 1. The van der Waals surface area contributed by atoms with Gasteiger partial charge >= 0.3 is 0 Å². The normalized spacial score (nSPS) is 20.0. The van der Waals surface area contributed by atoms with Crippen LogP contribution >= 0.6 is 0 Å². The fourth-order valence-electron chi connectivity index (χ4n) is 4.77. The number of hydrogen-bond acceptors (Lipinski definition) is 8. The van der Waals surface area contributed by atoms with Crippen molar-refractivity contribution in [2.45, 2.75) is 57.0 Å². The highest BCUT2D eigenvalue weighted by molar-refractivity contribution is 5.98. The van der Waals surface area contributed by atoms with Crippen molar-refractivity contribution in [3.05, 3.63) is 24.7 Å². The maximum atomic E-state index is 9.33. The van der Waals surface area contributed by atoms with Gasteiger partial charge in [-0.15, -0.1) is 0 Å². The van der Waals surface area contributed by atoms with Gasteiger partial charge in [0.15, 0.2) is 11.8 Å². The molecular weight excluding hydrogens is 390 g/mol. The van der Waals surface area contributed by atoms with Crippen LogP contribution in [-0.2, 0) is 0 Å². The van der Waals surface area contributed by atoms with Crippen LogP contribution in [0.2, 0.25) is 0 Å². The fourth-order valence-corrected chi connectivity index (χ4v) is 4.77. The standard InChI is InChI=1S/C22H27N9/c23-13-30-10-4-7-17(12-30)31-22-19(21(24)26-14-27-22)20(29-31)15-8-9-18(25-11-15)28-16-5-2-1-3-6-16/h8-9,11,14,16-17H,1-7,10,12H2,(H,25,28)(H2,24,26,27). The molecule has 0 spiro atoms. The monoisotopic (exact) mass is 417 g/mol. The molecule has 3 aromatic rings. The molecule has 9 nitrogen and oxygen atoms in total. The highest BCUT2D eigenvalue weighted by atomic mass is 15.3. The van der Waals surface area contributed by atoms with Crippen LogP contribution < -0.4 is 11.1 Å². The Balaban J connectivity index is 1.47. The minimum absolute atomic E-state index is 0.0687. The Labute approximate surface area is 181 Å². The molecule has 2 fully saturated rings. The lowest BCUT2D eigenvalue weighted by atomic mass is 9.95.